The third-order valence-electron chi connectivity index (χ3n) is 3.25. The molecule has 0 spiro atoms. The number of benzene rings is 2. The normalized spacial score (nSPS) is 11.6. The van der Waals surface area contributed by atoms with Gasteiger partial charge < -0.3 is 4.74 Å². The van der Waals surface area contributed by atoms with Crippen molar-refractivity contribution in [2.75, 3.05) is 13.7 Å². The van der Waals surface area contributed by atoms with Gasteiger partial charge in [-0.2, -0.15) is 4.31 Å². The van der Waals surface area contributed by atoms with Gasteiger partial charge in [0.2, 0.25) is 10.0 Å². The van der Waals surface area contributed by atoms with Gasteiger partial charge in [0.15, 0.2) is 0 Å². The molecule has 4 nitrogen and oxygen atoms in total. The van der Waals surface area contributed by atoms with Gasteiger partial charge in [0, 0.05) is 13.1 Å². The van der Waals surface area contributed by atoms with Crippen molar-refractivity contribution in [3.63, 3.8) is 0 Å². The molecular formula is C16H19NO3S. The molecule has 0 aliphatic rings. The van der Waals surface area contributed by atoms with Crippen LogP contribution in [0, 0.1) is 0 Å². The van der Waals surface area contributed by atoms with Gasteiger partial charge in [-0.05, 0) is 29.8 Å². The molecule has 5 heteroatoms. The monoisotopic (exact) mass is 305 g/mol. The minimum absolute atomic E-state index is 0.320. The summed E-state index contributed by atoms with van der Waals surface area (Å²) >= 11 is 0. The van der Waals surface area contributed by atoms with Crippen LogP contribution in [0.4, 0.5) is 0 Å². The van der Waals surface area contributed by atoms with E-state index in [0.29, 0.717) is 18.0 Å². The molecule has 0 atom stereocenters. The first-order valence-electron chi connectivity index (χ1n) is 6.76. The second kappa shape index (κ2) is 6.74. The first-order chi connectivity index (χ1) is 10.1. The Morgan fingerprint density at radius 3 is 2.14 bits per heavy atom. The number of hydrogen-bond donors (Lipinski definition) is 0. The highest BCUT2D eigenvalue weighted by molar-refractivity contribution is 7.89. The predicted octanol–water partition coefficient (Wildman–Crippen LogP) is 2.91. The Bertz CT molecular complexity index is 666. The zero-order valence-corrected chi connectivity index (χ0v) is 13.0. The molecule has 0 aliphatic carbocycles. The number of hydrogen-bond acceptors (Lipinski definition) is 3. The molecule has 0 heterocycles. The van der Waals surface area contributed by atoms with Gasteiger partial charge in [-0.1, -0.05) is 37.3 Å². The highest BCUT2D eigenvalue weighted by atomic mass is 32.2. The average molecular weight is 305 g/mol. The highest BCUT2D eigenvalue weighted by Crippen LogP contribution is 2.19. The summed E-state index contributed by atoms with van der Waals surface area (Å²) in [6, 6.07) is 15.9. The van der Waals surface area contributed by atoms with Crippen LogP contribution in [0.5, 0.6) is 5.75 Å². The van der Waals surface area contributed by atoms with Crippen molar-refractivity contribution >= 4 is 10.0 Å². The molecule has 0 aromatic heterocycles. The number of ether oxygens (including phenoxy) is 1. The van der Waals surface area contributed by atoms with Crippen molar-refractivity contribution in [2.45, 2.75) is 18.4 Å². The third kappa shape index (κ3) is 3.62. The summed E-state index contributed by atoms with van der Waals surface area (Å²) in [6.07, 6.45) is 0. The zero-order valence-electron chi connectivity index (χ0n) is 12.2. The fraction of sp³-hybridized carbons (Fsp3) is 0.250. The van der Waals surface area contributed by atoms with Gasteiger partial charge >= 0.3 is 0 Å². The van der Waals surface area contributed by atoms with Crippen molar-refractivity contribution in [3.8, 4) is 5.75 Å². The van der Waals surface area contributed by atoms with Gasteiger partial charge in [0.25, 0.3) is 0 Å². The summed E-state index contributed by atoms with van der Waals surface area (Å²) in [4.78, 5) is 0.320. The number of rotatable bonds is 6. The lowest BCUT2D eigenvalue weighted by Gasteiger charge is -2.20. The Labute approximate surface area is 126 Å². The van der Waals surface area contributed by atoms with E-state index < -0.39 is 10.0 Å². The largest absolute Gasteiger partial charge is 0.497 e. The maximum Gasteiger partial charge on any atom is 0.243 e. The maximum absolute atomic E-state index is 12.6. The smallest absolute Gasteiger partial charge is 0.243 e. The molecule has 0 radical (unpaired) electrons. The van der Waals surface area contributed by atoms with E-state index in [-0.39, 0.29) is 0 Å². The van der Waals surface area contributed by atoms with E-state index in [0.717, 1.165) is 11.3 Å². The van der Waals surface area contributed by atoms with Crippen LogP contribution >= 0.6 is 0 Å². The Morgan fingerprint density at radius 1 is 1.00 bits per heavy atom. The molecule has 0 N–H and O–H groups in total. The van der Waals surface area contributed by atoms with Gasteiger partial charge in [-0.15, -0.1) is 0 Å². The van der Waals surface area contributed by atoms with E-state index in [9.17, 15) is 8.42 Å². The topological polar surface area (TPSA) is 46.6 Å². The first-order valence-corrected chi connectivity index (χ1v) is 8.20. The SMILES string of the molecule is CCN(Cc1ccc(OC)cc1)S(=O)(=O)c1ccccc1. The highest BCUT2D eigenvalue weighted by Gasteiger charge is 2.22. The molecule has 2 aromatic carbocycles. The first kappa shape index (κ1) is 15.5. The van der Waals surface area contributed by atoms with Crippen molar-refractivity contribution in [1.82, 2.24) is 4.31 Å². The van der Waals surface area contributed by atoms with Gasteiger partial charge in [0.1, 0.15) is 5.75 Å². The molecule has 21 heavy (non-hydrogen) atoms. The van der Waals surface area contributed by atoms with Crippen LogP contribution in [-0.4, -0.2) is 26.4 Å². The van der Waals surface area contributed by atoms with Crippen LogP contribution in [0.1, 0.15) is 12.5 Å². The molecular weight excluding hydrogens is 286 g/mol. The van der Waals surface area contributed by atoms with Crippen molar-refractivity contribution in [1.29, 1.82) is 0 Å². The minimum Gasteiger partial charge on any atom is -0.497 e. The average Bonchev–Trinajstić information content (AvgIpc) is 2.53. The van der Waals surface area contributed by atoms with E-state index >= 15 is 0 Å². The predicted molar refractivity (Wildman–Crippen MR) is 82.7 cm³/mol. The molecule has 0 saturated carbocycles. The Hall–Kier alpha value is -1.85. The molecule has 2 aromatic rings. The standard InChI is InChI=1S/C16H19NO3S/c1-3-17(13-14-9-11-15(20-2)12-10-14)21(18,19)16-7-5-4-6-8-16/h4-12H,3,13H2,1-2H3. The van der Waals surface area contributed by atoms with Crippen LogP contribution in [0.3, 0.4) is 0 Å². The molecule has 0 saturated heterocycles. The summed E-state index contributed by atoms with van der Waals surface area (Å²) in [7, 11) is -1.86. The van der Waals surface area contributed by atoms with Crippen molar-refractivity contribution < 1.29 is 13.2 Å². The van der Waals surface area contributed by atoms with Crippen LogP contribution in [0.15, 0.2) is 59.5 Å². The van der Waals surface area contributed by atoms with E-state index in [4.69, 9.17) is 4.74 Å². The van der Waals surface area contributed by atoms with E-state index in [1.807, 2.05) is 31.2 Å². The van der Waals surface area contributed by atoms with E-state index in [2.05, 4.69) is 0 Å². The Morgan fingerprint density at radius 2 is 1.62 bits per heavy atom. The summed E-state index contributed by atoms with van der Waals surface area (Å²) in [5.41, 5.74) is 0.928. The molecule has 0 amide bonds. The van der Waals surface area contributed by atoms with E-state index in [1.54, 1.807) is 37.4 Å². The maximum atomic E-state index is 12.6. The van der Waals surface area contributed by atoms with Crippen molar-refractivity contribution in [3.05, 3.63) is 60.2 Å². The number of sulfonamides is 1. The summed E-state index contributed by atoms with van der Waals surface area (Å²) in [5, 5.41) is 0. The molecule has 0 fully saturated rings. The van der Waals surface area contributed by atoms with Crippen LogP contribution < -0.4 is 4.74 Å². The fourth-order valence-electron chi connectivity index (χ4n) is 2.04. The lowest BCUT2D eigenvalue weighted by atomic mass is 10.2. The quantitative estimate of drug-likeness (QED) is 0.824. The Kier molecular flexibility index (Phi) is 4.98. The number of methoxy groups -OCH3 is 1. The lowest BCUT2D eigenvalue weighted by Crippen LogP contribution is -2.30. The molecule has 2 rings (SSSR count). The third-order valence-corrected chi connectivity index (χ3v) is 5.19. The van der Waals surface area contributed by atoms with Crippen molar-refractivity contribution in [2.24, 2.45) is 0 Å². The molecule has 0 unspecified atom stereocenters. The molecule has 112 valence electrons. The zero-order chi connectivity index (χ0) is 15.3. The van der Waals surface area contributed by atoms with Gasteiger partial charge in [0.05, 0.1) is 12.0 Å². The summed E-state index contributed by atoms with van der Waals surface area (Å²) in [6.45, 7) is 2.60. The Balaban J connectivity index is 2.23. The number of nitrogens with zero attached hydrogens (tertiary/aromatic N) is 1. The van der Waals surface area contributed by atoms with Crippen LogP contribution in [0.2, 0.25) is 0 Å². The summed E-state index contributed by atoms with van der Waals surface area (Å²) in [5.74, 6) is 0.757. The fourth-order valence-corrected chi connectivity index (χ4v) is 3.50. The second-order valence-corrected chi connectivity index (χ2v) is 6.53. The lowest BCUT2D eigenvalue weighted by molar-refractivity contribution is 0.412. The van der Waals surface area contributed by atoms with Crippen LogP contribution in [-0.2, 0) is 16.6 Å². The van der Waals surface area contributed by atoms with Gasteiger partial charge in [-0.25, -0.2) is 8.42 Å². The van der Waals surface area contributed by atoms with Crippen LogP contribution in [0.25, 0.3) is 0 Å². The second-order valence-electron chi connectivity index (χ2n) is 4.59. The molecule has 0 aliphatic heterocycles. The van der Waals surface area contributed by atoms with Gasteiger partial charge in [-0.3, -0.25) is 0 Å². The molecule has 0 bridgehead atoms. The minimum atomic E-state index is -3.46. The summed E-state index contributed by atoms with van der Waals surface area (Å²) < 4.78 is 31.8. The van der Waals surface area contributed by atoms with E-state index in [1.165, 1.54) is 4.31 Å².